The third kappa shape index (κ3) is 4.99. The highest BCUT2D eigenvalue weighted by molar-refractivity contribution is 5.95. The number of aromatic nitrogens is 1. The molecule has 2 aromatic rings. The first-order valence-electron chi connectivity index (χ1n) is 10.9. The molecule has 4 rings (SSSR count). The molecule has 0 saturated carbocycles. The van der Waals surface area contributed by atoms with Gasteiger partial charge in [0.2, 0.25) is 5.91 Å². The molecule has 9 heteroatoms. The van der Waals surface area contributed by atoms with Gasteiger partial charge in [-0.15, -0.1) is 0 Å². The zero-order valence-electron chi connectivity index (χ0n) is 18.1. The Morgan fingerprint density at radius 3 is 2.78 bits per heavy atom. The van der Waals surface area contributed by atoms with Crippen LogP contribution in [0, 0.1) is 0 Å². The van der Waals surface area contributed by atoms with Gasteiger partial charge in [0.1, 0.15) is 5.82 Å². The summed E-state index contributed by atoms with van der Waals surface area (Å²) in [6, 6.07) is 8.95. The van der Waals surface area contributed by atoms with Gasteiger partial charge in [-0.25, -0.2) is 14.6 Å². The number of aryl methyl sites for hydroxylation is 1. The molecule has 0 bridgehead atoms. The molecule has 3 amide bonds. The summed E-state index contributed by atoms with van der Waals surface area (Å²) in [5.41, 5.74) is 2.99. The van der Waals surface area contributed by atoms with Gasteiger partial charge in [0, 0.05) is 50.2 Å². The Morgan fingerprint density at radius 2 is 2.00 bits per heavy atom. The number of hydrogen-bond acceptors (Lipinski definition) is 6. The molecular formula is C23H27N5O4. The Labute approximate surface area is 186 Å². The van der Waals surface area contributed by atoms with E-state index in [2.05, 4.69) is 20.5 Å². The number of anilines is 3. The zero-order chi connectivity index (χ0) is 22.5. The maximum atomic E-state index is 12.8. The number of urea groups is 1. The van der Waals surface area contributed by atoms with Crippen LogP contribution in [0.3, 0.4) is 0 Å². The Balaban J connectivity index is 1.34. The van der Waals surface area contributed by atoms with Crippen LogP contribution in [0.1, 0.15) is 35.7 Å². The fraction of sp³-hybridized carbons (Fsp3) is 0.391. The topological polar surface area (TPSA) is 104 Å². The highest BCUT2D eigenvalue weighted by Crippen LogP contribution is 2.26. The molecule has 0 atom stereocenters. The van der Waals surface area contributed by atoms with Gasteiger partial charge in [-0.2, -0.15) is 0 Å². The highest BCUT2D eigenvalue weighted by atomic mass is 16.5. The van der Waals surface area contributed by atoms with Crippen LogP contribution in [0.15, 0.2) is 36.5 Å². The Morgan fingerprint density at radius 1 is 1.12 bits per heavy atom. The first-order valence-corrected chi connectivity index (χ1v) is 10.9. The minimum absolute atomic E-state index is 0.0217. The second kappa shape index (κ2) is 9.67. The number of amides is 3. The van der Waals surface area contributed by atoms with Gasteiger partial charge in [-0.1, -0.05) is 0 Å². The van der Waals surface area contributed by atoms with Crippen molar-refractivity contribution in [1.82, 2.24) is 9.88 Å². The van der Waals surface area contributed by atoms with Crippen LogP contribution in [0.4, 0.5) is 22.0 Å². The van der Waals surface area contributed by atoms with Gasteiger partial charge in [0.05, 0.1) is 12.2 Å². The predicted octanol–water partition coefficient (Wildman–Crippen LogP) is 2.89. The van der Waals surface area contributed by atoms with Gasteiger partial charge in [0.15, 0.2) is 0 Å². The van der Waals surface area contributed by atoms with E-state index >= 15 is 0 Å². The SMILES string of the molecule is CCOC(=O)c1ccc(N2CCCN(C(=O)Nc3ccc4c(c3)CCC(=O)N4)CC2)nc1. The minimum Gasteiger partial charge on any atom is -0.462 e. The molecule has 0 unspecified atom stereocenters. The van der Waals surface area contributed by atoms with Crippen LogP contribution in [0.5, 0.6) is 0 Å². The molecule has 2 aliphatic heterocycles. The van der Waals surface area contributed by atoms with Crippen molar-refractivity contribution in [3.63, 3.8) is 0 Å². The molecule has 168 valence electrons. The molecule has 3 heterocycles. The van der Waals surface area contributed by atoms with E-state index < -0.39 is 0 Å². The number of nitrogens with zero attached hydrogens (tertiary/aromatic N) is 3. The van der Waals surface area contributed by atoms with Crippen molar-refractivity contribution in [2.45, 2.75) is 26.2 Å². The molecule has 1 aromatic carbocycles. The van der Waals surface area contributed by atoms with Crippen LogP contribution >= 0.6 is 0 Å². The third-order valence-electron chi connectivity index (χ3n) is 5.62. The fourth-order valence-corrected chi connectivity index (χ4v) is 3.92. The molecule has 1 aromatic heterocycles. The van der Waals surface area contributed by atoms with Crippen molar-refractivity contribution in [2.24, 2.45) is 0 Å². The number of nitrogens with one attached hydrogen (secondary N) is 2. The van der Waals surface area contributed by atoms with Gasteiger partial charge in [-0.3, -0.25) is 4.79 Å². The summed E-state index contributed by atoms with van der Waals surface area (Å²) in [7, 11) is 0. The van der Waals surface area contributed by atoms with Crippen molar-refractivity contribution in [1.29, 1.82) is 0 Å². The quantitative estimate of drug-likeness (QED) is 0.713. The number of hydrogen-bond donors (Lipinski definition) is 2. The lowest BCUT2D eigenvalue weighted by Gasteiger charge is -2.23. The van der Waals surface area contributed by atoms with Crippen molar-refractivity contribution in [3.8, 4) is 0 Å². The van der Waals surface area contributed by atoms with Crippen molar-refractivity contribution in [2.75, 3.05) is 48.3 Å². The van der Waals surface area contributed by atoms with E-state index in [-0.39, 0.29) is 17.9 Å². The smallest absolute Gasteiger partial charge is 0.339 e. The highest BCUT2D eigenvalue weighted by Gasteiger charge is 2.21. The summed E-state index contributed by atoms with van der Waals surface area (Å²) < 4.78 is 5.00. The van der Waals surface area contributed by atoms with Crippen molar-refractivity contribution < 1.29 is 19.1 Å². The lowest BCUT2D eigenvalue weighted by Crippen LogP contribution is -2.38. The number of carbonyl (C=O) groups is 3. The predicted molar refractivity (Wildman–Crippen MR) is 121 cm³/mol. The second-order valence-corrected chi connectivity index (χ2v) is 7.80. The molecule has 0 aliphatic carbocycles. The first kappa shape index (κ1) is 21.6. The van der Waals surface area contributed by atoms with E-state index in [1.54, 1.807) is 17.9 Å². The maximum absolute atomic E-state index is 12.8. The Kier molecular flexibility index (Phi) is 6.53. The molecule has 9 nitrogen and oxygen atoms in total. The Bertz CT molecular complexity index is 1010. The first-order chi connectivity index (χ1) is 15.5. The standard InChI is InChI=1S/C23H27N5O4/c1-2-32-22(30)17-4-8-20(24-15-17)27-10-3-11-28(13-12-27)23(31)25-18-6-7-19-16(14-18)5-9-21(29)26-19/h4,6-8,14-15H,2-3,5,9-13H2,1H3,(H,25,31)(H,26,29). The second-order valence-electron chi connectivity index (χ2n) is 7.80. The van der Waals surface area contributed by atoms with Crippen molar-refractivity contribution >= 4 is 35.1 Å². The zero-order valence-corrected chi connectivity index (χ0v) is 18.1. The van der Waals surface area contributed by atoms with Crippen LogP contribution in [0.2, 0.25) is 0 Å². The summed E-state index contributed by atoms with van der Waals surface area (Å²) in [5, 5.41) is 5.83. The molecule has 2 aliphatic rings. The van der Waals surface area contributed by atoms with Crippen LogP contribution in [0.25, 0.3) is 0 Å². The molecule has 2 N–H and O–H groups in total. The van der Waals surface area contributed by atoms with Gasteiger partial charge in [-0.05, 0) is 55.7 Å². The number of ether oxygens (including phenoxy) is 1. The Hall–Kier alpha value is -3.62. The van der Waals surface area contributed by atoms with E-state index in [9.17, 15) is 14.4 Å². The maximum Gasteiger partial charge on any atom is 0.339 e. The number of benzene rings is 1. The summed E-state index contributed by atoms with van der Waals surface area (Å²) in [6.07, 6.45) is 3.47. The number of rotatable bonds is 4. The monoisotopic (exact) mass is 437 g/mol. The summed E-state index contributed by atoms with van der Waals surface area (Å²) in [5.74, 6) is 0.417. The number of carbonyl (C=O) groups excluding carboxylic acids is 3. The fourth-order valence-electron chi connectivity index (χ4n) is 3.92. The van der Waals surface area contributed by atoms with Gasteiger partial charge < -0.3 is 25.2 Å². The normalized spacial score (nSPS) is 16.0. The van der Waals surface area contributed by atoms with E-state index in [4.69, 9.17) is 4.74 Å². The van der Waals surface area contributed by atoms with Crippen molar-refractivity contribution in [3.05, 3.63) is 47.7 Å². The number of pyridine rings is 1. The summed E-state index contributed by atoms with van der Waals surface area (Å²) >= 11 is 0. The van der Waals surface area contributed by atoms with Gasteiger partial charge in [0.25, 0.3) is 0 Å². The van der Waals surface area contributed by atoms with Crippen LogP contribution in [-0.2, 0) is 16.0 Å². The molecule has 32 heavy (non-hydrogen) atoms. The molecule has 1 saturated heterocycles. The van der Waals surface area contributed by atoms with Crippen LogP contribution in [-0.4, -0.2) is 60.6 Å². The van der Waals surface area contributed by atoms with E-state index in [1.165, 1.54) is 6.20 Å². The largest absolute Gasteiger partial charge is 0.462 e. The average Bonchev–Trinajstić information content (AvgIpc) is 3.06. The summed E-state index contributed by atoms with van der Waals surface area (Å²) in [6.45, 7) is 4.72. The minimum atomic E-state index is -0.380. The molecule has 0 spiro atoms. The van der Waals surface area contributed by atoms with E-state index in [1.807, 2.05) is 24.3 Å². The molecular weight excluding hydrogens is 410 g/mol. The number of fused-ring (bicyclic) bond motifs is 1. The molecule has 1 fully saturated rings. The van der Waals surface area contributed by atoms with Gasteiger partial charge >= 0.3 is 12.0 Å². The lowest BCUT2D eigenvalue weighted by atomic mass is 10.0. The lowest BCUT2D eigenvalue weighted by molar-refractivity contribution is -0.116. The summed E-state index contributed by atoms with van der Waals surface area (Å²) in [4.78, 5) is 44.5. The third-order valence-corrected chi connectivity index (χ3v) is 5.62. The van der Waals surface area contributed by atoms with Crippen LogP contribution < -0.4 is 15.5 Å². The average molecular weight is 438 g/mol. The van der Waals surface area contributed by atoms with E-state index in [0.717, 1.165) is 35.7 Å². The molecule has 0 radical (unpaired) electrons. The number of esters is 1. The van der Waals surface area contributed by atoms with E-state index in [0.29, 0.717) is 44.6 Å².